The van der Waals surface area contributed by atoms with E-state index in [2.05, 4.69) is 5.32 Å². The van der Waals surface area contributed by atoms with Crippen LogP contribution in [-0.2, 0) is 10.9 Å². The van der Waals surface area contributed by atoms with Crippen LogP contribution in [0.25, 0.3) is 0 Å². The Balaban J connectivity index is 1.99. The lowest BCUT2D eigenvalue weighted by Crippen LogP contribution is -2.60. The van der Waals surface area contributed by atoms with Gasteiger partial charge in [-0.25, -0.2) is 4.79 Å². The molecule has 1 aromatic carbocycles. The van der Waals surface area contributed by atoms with Crippen molar-refractivity contribution < 1.29 is 22.7 Å². The van der Waals surface area contributed by atoms with Gasteiger partial charge in [-0.15, -0.1) is 0 Å². The van der Waals surface area contributed by atoms with Crippen LogP contribution in [0.15, 0.2) is 18.2 Å². The molecule has 1 fully saturated rings. The van der Waals surface area contributed by atoms with E-state index in [1.165, 1.54) is 6.07 Å². The summed E-state index contributed by atoms with van der Waals surface area (Å²) in [5.74, 6) is 0. The monoisotopic (exact) mass is 341 g/mol. The number of alkyl carbamates (subject to hydrolysis) is 1. The van der Waals surface area contributed by atoms with Gasteiger partial charge in [0.2, 0.25) is 0 Å². The predicted molar refractivity (Wildman–Crippen MR) is 81.5 cm³/mol. The number of nitrogens with one attached hydrogen (secondary N) is 1. The van der Waals surface area contributed by atoms with Crippen molar-refractivity contribution in [3.63, 3.8) is 0 Å². The second-order valence-corrected chi connectivity index (χ2v) is 6.59. The average molecular weight is 341 g/mol. The molecule has 130 valence electrons. The highest BCUT2D eigenvalue weighted by Crippen LogP contribution is 2.35. The summed E-state index contributed by atoms with van der Waals surface area (Å²) in [4.78, 5) is 13.3. The standard InChI is InChI=1S/C16H18F3N3O2/c1-15(2,3)24-14(23)21-11-8-22(9-11)12-5-4-10(7-20)13(6-12)16(17,18)19/h4-6,11H,8-9H2,1-3H3,(H,21,23). The Bertz CT molecular complexity index is 669. The average Bonchev–Trinajstić information content (AvgIpc) is 2.39. The number of halogens is 3. The van der Waals surface area contributed by atoms with E-state index in [1.807, 2.05) is 0 Å². The lowest BCUT2D eigenvalue weighted by molar-refractivity contribution is -0.137. The second-order valence-electron chi connectivity index (χ2n) is 6.59. The van der Waals surface area contributed by atoms with Gasteiger partial charge in [0.15, 0.2) is 0 Å². The van der Waals surface area contributed by atoms with Crippen LogP contribution in [0.1, 0.15) is 31.9 Å². The number of nitriles is 1. The molecule has 0 bridgehead atoms. The van der Waals surface area contributed by atoms with Crippen molar-refractivity contribution in [3.8, 4) is 6.07 Å². The van der Waals surface area contributed by atoms with Crippen molar-refractivity contribution in [1.82, 2.24) is 5.32 Å². The van der Waals surface area contributed by atoms with Crippen LogP contribution >= 0.6 is 0 Å². The molecule has 8 heteroatoms. The van der Waals surface area contributed by atoms with E-state index in [4.69, 9.17) is 10.00 Å². The number of nitrogens with zero attached hydrogens (tertiary/aromatic N) is 2. The number of hydrogen-bond donors (Lipinski definition) is 1. The number of benzene rings is 1. The van der Waals surface area contributed by atoms with Crippen molar-refractivity contribution in [3.05, 3.63) is 29.3 Å². The Morgan fingerprint density at radius 1 is 1.33 bits per heavy atom. The molecule has 0 atom stereocenters. The molecule has 0 saturated carbocycles. The number of anilines is 1. The van der Waals surface area contributed by atoms with Crippen LogP contribution in [0.5, 0.6) is 0 Å². The first kappa shape index (κ1) is 17.9. The van der Waals surface area contributed by atoms with Gasteiger partial charge in [0.05, 0.1) is 23.2 Å². The Hall–Kier alpha value is -2.43. The molecule has 1 aromatic rings. The Morgan fingerprint density at radius 3 is 2.46 bits per heavy atom. The lowest BCUT2D eigenvalue weighted by atomic mass is 10.0. The van der Waals surface area contributed by atoms with E-state index < -0.39 is 29.0 Å². The van der Waals surface area contributed by atoms with Crippen LogP contribution in [0.2, 0.25) is 0 Å². The van der Waals surface area contributed by atoms with Crippen LogP contribution in [-0.4, -0.2) is 30.8 Å². The van der Waals surface area contributed by atoms with E-state index in [9.17, 15) is 18.0 Å². The third kappa shape index (κ3) is 4.31. The largest absolute Gasteiger partial charge is 0.444 e. The number of amides is 1. The summed E-state index contributed by atoms with van der Waals surface area (Å²) in [5, 5.41) is 11.5. The molecule has 1 saturated heterocycles. The smallest absolute Gasteiger partial charge is 0.417 e. The normalized spacial score (nSPS) is 15.5. The van der Waals surface area contributed by atoms with Crippen LogP contribution < -0.4 is 10.2 Å². The zero-order valence-corrected chi connectivity index (χ0v) is 13.6. The minimum absolute atomic E-state index is 0.190. The summed E-state index contributed by atoms with van der Waals surface area (Å²) in [6.07, 6.45) is -5.14. The van der Waals surface area contributed by atoms with Crippen molar-refractivity contribution >= 4 is 11.8 Å². The van der Waals surface area contributed by atoms with Gasteiger partial charge in [0.25, 0.3) is 0 Å². The summed E-state index contributed by atoms with van der Waals surface area (Å²) in [6, 6.07) is 4.95. The lowest BCUT2D eigenvalue weighted by Gasteiger charge is -2.41. The topological polar surface area (TPSA) is 65.4 Å². The summed E-state index contributed by atoms with van der Waals surface area (Å²) < 4.78 is 44.0. The predicted octanol–water partition coefficient (Wildman–Crippen LogP) is 3.29. The van der Waals surface area contributed by atoms with Gasteiger partial charge in [-0.3, -0.25) is 0 Å². The zero-order valence-electron chi connectivity index (χ0n) is 13.6. The van der Waals surface area contributed by atoms with E-state index in [0.717, 1.165) is 12.1 Å². The molecular formula is C16H18F3N3O2. The van der Waals surface area contributed by atoms with Crippen molar-refractivity contribution in [2.75, 3.05) is 18.0 Å². The minimum atomic E-state index is -4.58. The third-order valence-electron chi connectivity index (χ3n) is 3.40. The van der Waals surface area contributed by atoms with Crippen LogP contribution in [0.3, 0.4) is 0 Å². The molecule has 0 spiro atoms. The molecular weight excluding hydrogens is 323 g/mol. The van der Waals surface area contributed by atoms with Crippen LogP contribution in [0, 0.1) is 11.3 Å². The summed E-state index contributed by atoms with van der Waals surface area (Å²) in [5.41, 5.74) is -1.60. The molecule has 0 aliphatic carbocycles. The highest BCUT2D eigenvalue weighted by Gasteiger charge is 2.36. The molecule has 0 unspecified atom stereocenters. The van der Waals surface area contributed by atoms with Crippen molar-refractivity contribution in [1.29, 1.82) is 5.26 Å². The maximum atomic E-state index is 13.0. The molecule has 0 radical (unpaired) electrons. The number of carbonyl (C=O) groups excluding carboxylic acids is 1. The third-order valence-corrected chi connectivity index (χ3v) is 3.40. The first-order chi connectivity index (χ1) is 11.0. The molecule has 1 N–H and O–H groups in total. The Labute approximate surface area is 138 Å². The molecule has 0 aromatic heterocycles. The number of rotatable bonds is 2. The summed E-state index contributed by atoms with van der Waals surface area (Å²) in [7, 11) is 0. The second kappa shape index (κ2) is 6.23. The molecule has 24 heavy (non-hydrogen) atoms. The van der Waals surface area contributed by atoms with Crippen molar-refractivity contribution in [2.24, 2.45) is 0 Å². The fourth-order valence-corrected chi connectivity index (χ4v) is 2.32. The van der Waals surface area contributed by atoms with Gasteiger partial charge in [0, 0.05) is 18.8 Å². The van der Waals surface area contributed by atoms with Gasteiger partial charge in [0.1, 0.15) is 5.60 Å². The highest BCUT2D eigenvalue weighted by atomic mass is 19.4. The number of alkyl halides is 3. The number of hydrogen-bond acceptors (Lipinski definition) is 4. The summed E-state index contributed by atoms with van der Waals surface area (Å²) in [6.45, 7) is 5.99. The zero-order chi connectivity index (χ0) is 18.1. The molecule has 1 amide bonds. The van der Waals surface area contributed by atoms with Gasteiger partial charge in [-0.05, 0) is 39.0 Å². The quantitative estimate of drug-likeness (QED) is 0.896. The highest BCUT2D eigenvalue weighted by molar-refractivity contribution is 5.69. The Morgan fingerprint density at radius 2 is 1.96 bits per heavy atom. The number of ether oxygens (including phenoxy) is 1. The van der Waals surface area contributed by atoms with Gasteiger partial charge < -0.3 is 15.0 Å². The molecule has 2 rings (SSSR count). The molecule has 5 nitrogen and oxygen atoms in total. The molecule has 1 aliphatic heterocycles. The first-order valence-electron chi connectivity index (χ1n) is 7.35. The molecule has 1 aliphatic rings. The van der Waals surface area contributed by atoms with E-state index >= 15 is 0 Å². The SMILES string of the molecule is CC(C)(C)OC(=O)NC1CN(c2ccc(C#N)c(C(F)(F)F)c2)C1. The van der Waals surface area contributed by atoms with E-state index in [-0.39, 0.29) is 6.04 Å². The number of carbonyl (C=O) groups is 1. The first-order valence-corrected chi connectivity index (χ1v) is 7.35. The fraction of sp³-hybridized carbons (Fsp3) is 0.500. The van der Waals surface area contributed by atoms with E-state index in [1.54, 1.807) is 31.7 Å². The van der Waals surface area contributed by atoms with Gasteiger partial charge in [-0.2, -0.15) is 18.4 Å². The van der Waals surface area contributed by atoms with Crippen LogP contribution in [0.4, 0.5) is 23.7 Å². The van der Waals surface area contributed by atoms with E-state index in [0.29, 0.717) is 18.8 Å². The van der Waals surface area contributed by atoms with Crippen molar-refractivity contribution in [2.45, 2.75) is 38.6 Å². The minimum Gasteiger partial charge on any atom is -0.444 e. The van der Waals surface area contributed by atoms with Gasteiger partial charge >= 0.3 is 12.3 Å². The summed E-state index contributed by atoms with van der Waals surface area (Å²) >= 11 is 0. The fourth-order valence-electron chi connectivity index (χ4n) is 2.32. The maximum Gasteiger partial charge on any atom is 0.417 e. The molecule has 1 heterocycles. The Kier molecular flexibility index (Phi) is 4.65. The van der Waals surface area contributed by atoms with Gasteiger partial charge in [-0.1, -0.05) is 0 Å². The maximum absolute atomic E-state index is 13.0.